The Labute approximate surface area is 191 Å². The van der Waals surface area contributed by atoms with E-state index >= 15 is 0 Å². The molecule has 1 heterocycles. The van der Waals surface area contributed by atoms with E-state index in [1.54, 1.807) is 0 Å². The van der Waals surface area contributed by atoms with Crippen molar-refractivity contribution in [3.05, 3.63) is 29.4 Å². The number of nitrogens with one attached hydrogen (secondary N) is 1. The van der Waals surface area contributed by atoms with Gasteiger partial charge < -0.3 is 22.3 Å². The first-order chi connectivity index (χ1) is 13.2. The fraction of sp³-hybridized carbons (Fsp3) is 0.312. The number of nitrogens with two attached hydrogens (primary N) is 3. The predicted octanol–water partition coefficient (Wildman–Crippen LogP) is 1.50. The van der Waals surface area contributed by atoms with Gasteiger partial charge in [0.2, 0.25) is 10.0 Å². The van der Waals surface area contributed by atoms with Crippen LogP contribution in [0.4, 0.5) is 5.82 Å². The van der Waals surface area contributed by atoms with Crippen molar-refractivity contribution < 1.29 is 18.3 Å². The molecule has 0 radical (unpaired) electrons. The van der Waals surface area contributed by atoms with Gasteiger partial charge in [0.15, 0.2) is 11.8 Å². The number of aliphatic imine (C=N–C) groups is 1. The van der Waals surface area contributed by atoms with Gasteiger partial charge in [-0.1, -0.05) is 24.1 Å². The molecular formula is C16H23Cl3N6O4S. The molecule has 1 aromatic heterocycles. The maximum atomic E-state index is 12.7. The fourth-order valence-corrected chi connectivity index (χ4v) is 4.00. The highest BCUT2D eigenvalue weighted by molar-refractivity contribution is 7.89. The van der Waals surface area contributed by atoms with Crippen molar-refractivity contribution in [3.8, 4) is 0 Å². The van der Waals surface area contributed by atoms with Crippen LogP contribution in [0, 0.1) is 0 Å². The lowest BCUT2D eigenvalue weighted by atomic mass is 10.1. The third kappa shape index (κ3) is 7.11. The van der Waals surface area contributed by atoms with Crippen molar-refractivity contribution in [1.29, 1.82) is 0 Å². The molecule has 0 fully saturated rings. The molecule has 1 atom stereocenters. The van der Waals surface area contributed by atoms with Crippen LogP contribution in [-0.4, -0.2) is 43.0 Å². The van der Waals surface area contributed by atoms with E-state index in [2.05, 4.69) is 14.7 Å². The van der Waals surface area contributed by atoms with Gasteiger partial charge in [-0.3, -0.25) is 4.79 Å². The van der Waals surface area contributed by atoms with Crippen LogP contribution in [0.25, 0.3) is 10.8 Å². The van der Waals surface area contributed by atoms with Crippen molar-refractivity contribution in [2.24, 2.45) is 22.2 Å². The monoisotopic (exact) mass is 500 g/mol. The number of benzene rings is 1. The van der Waals surface area contributed by atoms with E-state index < -0.39 is 22.0 Å². The van der Waals surface area contributed by atoms with Gasteiger partial charge in [0.1, 0.15) is 6.04 Å². The molecule has 14 heteroatoms. The van der Waals surface area contributed by atoms with Crippen LogP contribution >= 0.6 is 36.4 Å². The fourth-order valence-electron chi connectivity index (χ4n) is 2.53. The zero-order valence-electron chi connectivity index (χ0n) is 15.6. The minimum atomic E-state index is -4.14. The topological polar surface area (TPSA) is 187 Å². The predicted molar refractivity (Wildman–Crippen MR) is 121 cm³/mol. The smallest absolute Gasteiger partial charge is 0.321 e. The summed E-state index contributed by atoms with van der Waals surface area (Å²) in [4.78, 5) is 19.1. The minimum Gasteiger partial charge on any atom is -0.480 e. The van der Waals surface area contributed by atoms with Gasteiger partial charge in [-0.25, -0.2) is 13.4 Å². The SMILES string of the molecule is Cl.Cl.NCCCC[C@H](NS(=O)(=O)c1ccc2c(Cl)cnc(N=C(N)N)c2c1)C(=O)O. The minimum absolute atomic E-state index is 0. The maximum absolute atomic E-state index is 12.7. The first kappa shape index (κ1) is 28.1. The number of hydrogen-bond acceptors (Lipinski definition) is 6. The number of carboxylic acids is 1. The number of sulfonamides is 1. The number of fused-ring (bicyclic) bond motifs is 1. The first-order valence-electron chi connectivity index (χ1n) is 8.29. The molecule has 8 N–H and O–H groups in total. The second-order valence-electron chi connectivity index (χ2n) is 5.97. The van der Waals surface area contributed by atoms with E-state index in [0.29, 0.717) is 30.2 Å². The summed E-state index contributed by atoms with van der Waals surface area (Å²) in [5, 5.41) is 10.4. The van der Waals surface area contributed by atoms with E-state index in [1.165, 1.54) is 24.4 Å². The van der Waals surface area contributed by atoms with Gasteiger partial charge in [-0.05, 0) is 31.5 Å². The van der Waals surface area contributed by atoms with Crippen molar-refractivity contribution in [2.75, 3.05) is 6.54 Å². The number of guanidine groups is 1. The quantitative estimate of drug-likeness (QED) is 0.194. The summed E-state index contributed by atoms with van der Waals surface area (Å²) in [6.07, 6.45) is 2.53. The largest absolute Gasteiger partial charge is 0.480 e. The molecule has 0 saturated carbocycles. The molecule has 0 spiro atoms. The van der Waals surface area contributed by atoms with Gasteiger partial charge >= 0.3 is 5.97 Å². The third-order valence-corrected chi connectivity index (χ3v) is 5.65. The summed E-state index contributed by atoms with van der Waals surface area (Å²) in [6, 6.07) is 2.80. The van der Waals surface area contributed by atoms with E-state index in [1.807, 2.05) is 0 Å². The number of carboxylic acid groups (broad SMARTS) is 1. The highest BCUT2D eigenvalue weighted by atomic mass is 35.5. The van der Waals surface area contributed by atoms with E-state index in [9.17, 15) is 18.3 Å². The van der Waals surface area contributed by atoms with E-state index in [0.717, 1.165) is 0 Å². The first-order valence-corrected chi connectivity index (χ1v) is 10.1. The molecule has 0 saturated heterocycles. The molecule has 2 rings (SSSR count). The second-order valence-corrected chi connectivity index (χ2v) is 8.09. The van der Waals surface area contributed by atoms with Crippen LogP contribution in [0.3, 0.4) is 0 Å². The van der Waals surface area contributed by atoms with Gasteiger partial charge in [-0.2, -0.15) is 9.71 Å². The number of aliphatic carboxylic acids is 1. The highest BCUT2D eigenvalue weighted by Crippen LogP contribution is 2.31. The summed E-state index contributed by atoms with van der Waals surface area (Å²) >= 11 is 6.10. The molecule has 0 aliphatic rings. The number of aromatic nitrogens is 1. The number of rotatable bonds is 9. The lowest BCUT2D eigenvalue weighted by molar-refractivity contribution is -0.139. The number of nitrogens with zero attached hydrogens (tertiary/aromatic N) is 2. The third-order valence-electron chi connectivity index (χ3n) is 3.88. The number of halogens is 3. The zero-order valence-corrected chi connectivity index (χ0v) is 18.8. The lowest BCUT2D eigenvalue weighted by Gasteiger charge is -2.15. The Morgan fingerprint density at radius 3 is 2.47 bits per heavy atom. The molecule has 2 aromatic rings. The molecule has 0 aliphatic heterocycles. The van der Waals surface area contributed by atoms with Crippen LogP contribution in [0.5, 0.6) is 0 Å². The van der Waals surface area contributed by atoms with Crippen molar-refractivity contribution >= 4 is 75.0 Å². The summed E-state index contributed by atoms with van der Waals surface area (Å²) in [7, 11) is -4.14. The molecule has 1 aromatic carbocycles. The number of pyridine rings is 1. The molecule has 30 heavy (non-hydrogen) atoms. The Morgan fingerprint density at radius 2 is 1.90 bits per heavy atom. The Kier molecular flexibility index (Phi) is 11.3. The number of carbonyl (C=O) groups is 1. The van der Waals surface area contributed by atoms with E-state index in [-0.39, 0.29) is 52.9 Å². The normalized spacial score (nSPS) is 11.8. The van der Waals surface area contributed by atoms with Gasteiger partial charge in [0.05, 0.1) is 9.92 Å². The summed E-state index contributed by atoms with van der Waals surface area (Å²) in [5.41, 5.74) is 16.2. The Morgan fingerprint density at radius 1 is 1.23 bits per heavy atom. The molecule has 168 valence electrons. The van der Waals surface area contributed by atoms with Gasteiger partial charge in [0, 0.05) is 17.0 Å². The van der Waals surface area contributed by atoms with Gasteiger partial charge in [-0.15, -0.1) is 24.8 Å². The van der Waals surface area contributed by atoms with Crippen molar-refractivity contribution in [1.82, 2.24) is 9.71 Å². The molecular weight excluding hydrogens is 479 g/mol. The Bertz CT molecular complexity index is 1020. The standard InChI is InChI=1S/C16H21ClN6O4S.2ClH/c17-12-8-21-14(22-16(19)20)11-7-9(4-5-10(11)12)28(26,27)23-13(15(24)25)3-1-2-6-18;;/h4-5,7-8,13,23H,1-3,6,18H2,(H,24,25)(H4,19,20,21,22);2*1H/t13-;;/m0../s1. The van der Waals surface area contributed by atoms with Crippen LogP contribution in [-0.2, 0) is 14.8 Å². The summed E-state index contributed by atoms with van der Waals surface area (Å²) < 4.78 is 27.6. The van der Waals surface area contributed by atoms with Gasteiger partial charge in [0.25, 0.3) is 0 Å². The van der Waals surface area contributed by atoms with Crippen LogP contribution in [0.1, 0.15) is 19.3 Å². The summed E-state index contributed by atoms with van der Waals surface area (Å²) in [5.74, 6) is -1.44. The van der Waals surface area contributed by atoms with Crippen LogP contribution in [0.2, 0.25) is 5.02 Å². The summed E-state index contributed by atoms with van der Waals surface area (Å²) in [6.45, 7) is 0.394. The molecule has 0 unspecified atom stereocenters. The maximum Gasteiger partial charge on any atom is 0.321 e. The zero-order chi connectivity index (χ0) is 20.9. The Hall–Kier alpha value is -1.89. The highest BCUT2D eigenvalue weighted by Gasteiger charge is 2.25. The van der Waals surface area contributed by atoms with Crippen molar-refractivity contribution in [2.45, 2.75) is 30.2 Å². The molecule has 0 aliphatic carbocycles. The lowest BCUT2D eigenvalue weighted by Crippen LogP contribution is -2.40. The second kappa shape index (κ2) is 12.1. The van der Waals surface area contributed by atoms with Crippen LogP contribution in [0.15, 0.2) is 34.3 Å². The average molecular weight is 502 g/mol. The Balaban J connectivity index is 0.00000420. The molecule has 10 nitrogen and oxygen atoms in total. The molecule has 0 amide bonds. The number of hydrogen-bond donors (Lipinski definition) is 5. The molecule has 0 bridgehead atoms. The van der Waals surface area contributed by atoms with Crippen LogP contribution < -0.4 is 21.9 Å². The van der Waals surface area contributed by atoms with Crippen molar-refractivity contribution in [3.63, 3.8) is 0 Å². The average Bonchev–Trinajstić information content (AvgIpc) is 2.62. The number of unbranched alkanes of at least 4 members (excludes halogenated alkanes) is 1. The van der Waals surface area contributed by atoms with E-state index in [4.69, 9.17) is 28.8 Å².